The molecule has 0 spiro atoms. The number of carbonyl (C=O) groups is 2. The maximum Gasteiger partial charge on any atom is 0.345 e. The lowest BCUT2D eigenvalue weighted by Gasteiger charge is -2.03. The molecule has 0 N–H and O–H groups in total. The van der Waals surface area contributed by atoms with Crippen LogP contribution < -0.4 is 0 Å². The van der Waals surface area contributed by atoms with E-state index in [-0.39, 0.29) is 11.1 Å². The summed E-state index contributed by atoms with van der Waals surface area (Å²) in [6.07, 6.45) is 1.09. The Labute approximate surface area is 97.6 Å². The molecule has 0 saturated carbocycles. The molecule has 4 nitrogen and oxygen atoms in total. The van der Waals surface area contributed by atoms with Gasteiger partial charge >= 0.3 is 11.9 Å². The van der Waals surface area contributed by atoms with Crippen molar-refractivity contribution in [1.29, 1.82) is 0 Å². The first kappa shape index (κ1) is 12.9. The molecular formula is C12H11FO4. The van der Waals surface area contributed by atoms with E-state index in [2.05, 4.69) is 9.47 Å². The van der Waals surface area contributed by atoms with E-state index in [1.165, 1.54) is 18.2 Å². The molecule has 0 amide bonds. The normalized spacial score (nSPS) is 9.35. The molecule has 0 saturated heterocycles. The maximum absolute atomic E-state index is 13.3. The van der Waals surface area contributed by atoms with Crippen molar-refractivity contribution in [3.05, 3.63) is 41.2 Å². The molecule has 5 heteroatoms. The highest BCUT2D eigenvalue weighted by Crippen LogP contribution is 2.13. The van der Waals surface area contributed by atoms with Gasteiger partial charge in [-0.15, -0.1) is 0 Å². The van der Waals surface area contributed by atoms with E-state index in [9.17, 15) is 14.0 Å². The van der Waals surface area contributed by atoms with E-state index >= 15 is 0 Å². The first-order valence-electron chi connectivity index (χ1n) is 4.73. The average Bonchev–Trinajstić information content (AvgIpc) is 2.36. The number of benzene rings is 1. The molecule has 17 heavy (non-hydrogen) atoms. The van der Waals surface area contributed by atoms with Crippen LogP contribution in [-0.2, 0) is 19.1 Å². The zero-order valence-corrected chi connectivity index (χ0v) is 9.40. The van der Waals surface area contributed by atoms with Crippen LogP contribution in [0, 0.1) is 5.82 Å². The summed E-state index contributed by atoms with van der Waals surface area (Å²) in [5, 5.41) is 0. The number of methoxy groups -OCH3 is 2. The monoisotopic (exact) mass is 238 g/mol. The highest BCUT2D eigenvalue weighted by atomic mass is 19.1. The molecule has 90 valence electrons. The van der Waals surface area contributed by atoms with Crippen LogP contribution >= 0.6 is 0 Å². The number of rotatable bonds is 3. The zero-order valence-electron chi connectivity index (χ0n) is 9.40. The van der Waals surface area contributed by atoms with E-state index in [0.29, 0.717) is 0 Å². The van der Waals surface area contributed by atoms with Crippen molar-refractivity contribution in [3.8, 4) is 0 Å². The Morgan fingerprint density at radius 3 is 2.12 bits per heavy atom. The SMILES string of the molecule is COC(=O)C(=Cc1ccccc1F)C(=O)OC. The fraction of sp³-hybridized carbons (Fsp3) is 0.167. The quantitative estimate of drug-likeness (QED) is 0.347. The predicted molar refractivity (Wildman–Crippen MR) is 58.4 cm³/mol. The Bertz CT molecular complexity index is 447. The average molecular weight is 238 g/mol. The molecule has 0 aromatic heterocycles. The molecule has 0 radical (unpaired) electrons. The summed E-state index contributed by atoms with van der Waals surface area (Å²) in [5.74, 6) is -2.29. The molecule has 0 atom stereocenters. The lowest BCUT2D eigenvalue weighted by Crippen LogP contribution is -2.15. The highest BCUT2D eigenvalue weighted by molar-refractivity contribution is 6.17. The molecule has 0 heterocycles. The lowest BCUT2D eigenvalue weighted by molar-refractivity contribution is -0.143. The lowest BCUT2D eigenvalue weighted by atomic mass is 10.1. The van der Waals surface area contributed by atoms with Crippen molar-refractivity contribution in [2.45, 2.75) is 0 Å². The number of carbonyl (C=O) groups excluding carboxylic acids is 2. The Kier molecular flexibility index (Phi) is 4.39. The zero-order chi connectivity index (χ0) is 12.8. The third kappa shape index (κ3) is 3.14. The van der Waals surface area contributed by atoms with E-state index in [4.69, 9.17) is 0 Å². The summed E-state index contributed by atoms with van der Waals surface area (Å²) < 4.78 is 22.2. The number of hydrogen-bond donors (Lipinski definition) is 0. The molecule has 0 bridgehead atoms. The van der Waals surface area contributed by atoms with Gasteiger partial charge in [0, 0.05) is 5.56 Å². The Balaban J connectivity index is 3.19. The van der Waals surface area contributed by atoms with Gasteiger partial charge in [0.1, 0.15) is 11.4 Å². The van der Waals surface area contributed by atoms with Crippen molar-refractivity contribution < 1.29 is 23.5 Å². The largest absolute Gasteiger partial charge is 0.465 e. The van der Waals surface area contributed by atoms with Crippen LogP contribution in [0.4, 0.5) is 4.39 Å². The summed E-state index contributed by atoms with van der Waals surface area (Å²) in [6, 6.07) is 5.74. The minimum absolute atomic E-state index is 0.110. The molecule has 1 aromatic rings. The first-order valence-corrected chi connectivity index (χ1v) is 4.73. The number of hydrogen-bond acceptors (Lipinski definition) is 4. The molecule has 0 aliphatic rings. The smallest absolute Gasteiger partial charge is 0.345 e. The van der Waals surface area contributed by atoms with Gasteiger partial charge in [0.25, 0.3) is 0 Å². The molecule has 1 aromatic carbocycles. The topological polar surface area (TPSA) is 52.6 Å². The van der Waals surface area contributed by atoms with Crippen LogP contribution in [0.5, 0.6) is 0 Å². The highest BCUT2D eigenvalue weighted by Gasteiger charge is 2.20. The third-order valence-corrected chi connectivity index (χ3v) is 2.02. The van der Waals surface area contributed by atoms with Gasteiger partial charge in [-0.1, -0.05) is 18.2 Å². The number of halogens is 1. The van der Waals surface area contributed by atoms with Gasteiger partial charge in [-0.3, -0.25) is 0 Å². The van der Waals surface area contributed by atoms with Crippen LogP contribution in [0.3, 0.4) is 0 Å². The van der Waals surface area contributed by atoms with Crippen LogP contribution in [0.1, 0.15) is 5.56 Å². The molecular weight excluding hydrogens is 227 g/mol. The summed E-state index contributed by atoms with van der Waals surface area (Å²) >= 11 is 0. The number of ether oxygens (including phenoxy) is 2. The number of esters is 2. The predicted octanol–water partition coefficient (Wildman–Crippen LogP) is 1.56. The van der Waals surface area contributed by atoms with Crippen molar-refractivity contribution in [3.63, 3.8) is 0 Å². The van der Waals surface area contributed by atoms with Gasteiger partial charge in [0.05, 0.1) is 14.2 Å². The Morgan fingerprint density at radius 2 is 1.65 bits per heavy atom. The Morgan fingerprint density at radius 1 is 1.12 bits per heavy atom. The second kappa shape index (κ2) is 5.79. The van der Waals surface area contributed by atoms with Gasteiger partial charge in [0.15, 0.2) is 0 Å². The van der Waals surface area contributed by atoms with Gasteiger partial charge < -0.3 is 9.47 Å². The molecule has 0 aliphatic heterocycles. The van der Waals surface area contributed by atoms with Crippen molar-refractivity contribution >= 4 is 18.0 Å². The Hall–Kier alpha value is -2.17. The van der Waals surface area contributed by atoms with Crippen LogP contribution in [0.25, 0.3) is 6.08 Å². The van der Waals surface area contributed by atoms with Crippen molar-refractivity contribution in [1.82, 2.24) is 0 Å². The van der Waals surface area contributed by atoms with Crippen molar-refractivity contribution in [2.24, 2.45) is 0 Å². The first-order chi connectivity index (χ1) is 8.10. The summed E-state index contributed by atoms with van der Waals surface area (Å²) in [4.78, 5) is 22.6. The van der Waals surface area contributed by atoms with Crippen LogP contribution in [0.15, 0.2) is 29.8 Å². The van der Waals surface area contributed by atoms with Crippen LogP contribution in [-0.4, -0.2) is 26.2 Å². The molecule has 0 aliphatic carbocycles. The molecule has 1 rings (SSSR count). The van der Waals surface area contributed by atoms with Gasteiger partial charge in [-0.25, -0.2) is 14.0 Å². The summed E-state index contributed by atoms with van der Waals surface area (Å²) in [6.45, 7) is 0. The van der Waals surface area contributed by atoms with Gasteiger partial charge in [0.2, 0.25) is 0 Å². The van der Waals surface area contributed by atoms with E-state index in [1.807, 2.05) is 0 Å². The molecule has 0 unspecified atom stereocenters. The van der Waals surface area contributed by atoms with Gasteiger partial charge in [-0.05, 0) is 12.1 Å². The minimum atomic E-state index is -0.875. The summed E-state index contributed by atoms with van der Waals surface area (Å²) in [7, 11) is 2.25. The van der Waals surface area contributed by atoms with Gasteiger partial charge in [-0.2, -0.15) is 0 Å². The van der Waals surface area contributed by atoms with E-state index in [1.54, 1.807) is 6.07 Å². The third-order valence-electron chi connectivity index (χ3n) is 2.02. The fourth-order valence-corrected chi connectivity index (χ4v) is 1.17. The standard InChI is InChI=1S/C12H11FO4/c1-16-11(14)9(12(15)17-2)7-8-5-3-4-6-10(8)13/h3-7H,1-2H3. The van der Waals surface area contributed by atoms with Crippen LogP contribution in [0.2, 0.25) is 0 Å². The second-order valence-electron chi connectivity index (χ2n) is 3.06. The maximum atomic E-state index is 13.3. The van der Waals surface area contributed by atoms with E-state index < -0.39 is 17.8 Å². The minimum Gasteiger partial charge on any atom is -0.465 e. The molecule has 0 fully saturated rings. The second-order valence-corrected chi connectivity index (χ2v) is 3.06. The van der Waals surface area contributed by atoms with E-state index in [0.717, 1.165) is 20.3 Å². The fourth-order valence-electron chi connectivity index (χ4n) is 1.17. The van der Waals surface area contributed by atoms with Crippen molar-refractivity contribution in [2.75, 3.05) is 14.2 Å². The summed E-state index contributed by atoms with van der Waals surface area (Å²) in [5.41, 5.74) is -0.251.